The van der Waals surface area contributed by atoms with Gasteiger partial charge in [-0.2, -0.15) is 0 Å². The van der Waals surface area contributed by atoms with Crippen molar-refractivity contribution in [1.82, 2.24) is 0 Å². The Hall–Kier alpha value is -3.75. The number of aryl methyl sites for hydroxylation is 1. The lowest BCUT2D eigenvalue weighted by atomic mass is 10.2. The summed E-state index contributed by atoms with van der Waals surface area (Å²) in [6, 6.07) is 30.2. The maximum absolute atomic E-state index is 12.7. The number of carbonyl (C=O) groups is 1. The van der Waals surface area contributed by atoms with E-state index in [9.17, 15) is 13.2 Å². The van der Waals surface area contributed by atoms with E-state index in [1.807, 2.05) is 37.3 Å². The molecule has 0 radical (unpaired) electrons. The number of hydrogen-bond acceptors (Lipinski definition) is 5. The molecule has 0 unspecified atom stereocenters. The van der Waals surface area contributed by atoms with Gasteiger partial charge in [-0.15, -0.1) is 11.8 Å². The summed E-state index contributed by atoms with van der Waals surface area (Å²) >= 11 is 1.72. The highest BCUT2D eigenvalue weighted by atomic mass is 32.2. The zero-order chi connectivity index (χ0) is 25.4. The summed E-state index contributed by atoms with van der Waals surface area (Å²) in [5.74, 6) is 1.21. The van der Waals surface area contributed by atoms with Crippen LogP contribution in [-0.2, 0) is 10.0 Å². The van der Waals surface area contributed by atoms with Gasteiger partial charge < -0.3 is 10.1 Å². The van der Waals surface area contributed by atoms with E-state index in [1.54, 1.807) is 60.3 Å². The number of rotatable bonds is 10. The number of anilines is 2. The van der Waals surface area contributed by atoms with E-state index < -0.39 is 10.0 Å². The van der Waals surface area contributed by atoms with Crippen LogP contribution in [0, 0.1) is 6.92 Å². The number of benzene rings is 4. The molecule has 0 saturated heterocycles. The maximum Gasteiger partial charge on any atom is 0.261 e. The van der Waals surface area contributed by atoms with Crippen molar-refractivity contribution < 1.29 is 17.9 Å². The number of amides is 1. The second-order valence-electron chi connectivity index (χ2n) is 7.93. The van der Waals surface area contributed by atoms with Gasteiger partial charge in [0, 0.05) is 21.9 Å². The number of nitrogens with one attached hydrogen (secondary N) is 2. The molecule has 0 bridgehead atoms. The fourth-order valence-corrected chi connectivity index (χ4v) is 5.23. The van der Waals surface area contributed by atoms with Gasteiger partial charge in [0.15, 0.2) is 0 Å². The highest BCUT2D eigenvalue weighted by Crippen LogP contribution is 2.22. The third-order valence-corrected chi connectivity index (χ3v) is 7.65. The SMILES string of the molecule is Cc1ccccc1NS(=O)(=O)c1ccc(NC(=O)c2ccc(OCCSc3ccccc3)cc2)cc1. The van der Waals surface area contributed by atoms with Gasteiger partial charge in [0.05, 0.1) is 17.2 Å². The van der Waals surface area contributed by atoms with Crippen LogP contribution in [0.25, 0.3) is 0 Å². The molecular weight excluding hydrogens is 492 g/mol. The van der Waals surface area contributed by atoms with E-state index in [-0.39, 0.29) is 10.8 Å². The van der Waals surface area contributed by atoms with Gasteiger partial charge in [0.25, 0.3) is 15.9 Å². The third-order valence-electron chi connectivity index (χ3n) is 5.29. The Morgan fingerprint density at radius 2 is 1.50 bits per heavy atom. The van der Waals surface area contributed by atoms with Crippen LogP contribution in [0.1, 0.15) is 15.9 Å². The van der Waals surface area contributed by atoms with Crippen molar-refractivity contribution in [3.63, 3.8) is 0 Å². The lowest BCUT2D eigenvalue weighted by Gasteiger charge is -2.11. The van der Waals surface area contributed by atoms with Crippen LogP contribution in [0.15, 0.2) is 113 Å². The van der Waals surface area contributed by atoms with Gasteiger partial charge in [-0.1, -0.05) is 36.4 Å². The van der Waals surface area contributed by atoms with E-state index in [2.05, 4.69) is 22.2 Å². The van der Waals surface area contributed by atoms with E-state index in [4.69, 9.17) is 4.74 Å². The molecule has 8 heteroatoms. The number of hydrogen-bond donors (Lipinski definition) is 2. The van der Waals surface area contributed by atoms with Crippen LogP contribution in [0.5, 0.6) is 5.75 Å². The molecule has 4 aromatic rings. The molecule has 2 N–H and O–H groups in total. The molecule has 6 nitrogen and oxygen atoms in total. The summed E-state index contributed by atoms with van der Waals surface area (Å²) in [7, 11) is -3.74. The Labute approximate surface area is 215 Å². The topological polar surface area (TPSA) is 84.5 Å². The van der Waals surface area contributed by atoms with Crippen LogP contribution in [0.4, 0.5) is 11.4 Å². The summed E-state index contributed by atoms with van der Waals surface area (Å²) in [6.45, 7) is 2.39. The van der Waals surface area contributed by atoms with Crippen molar-refractivity contribution in [1.29, 1.82) is 0 Å². The van der Waals surface area contributed by atoms with E-state index >= 15 is 0 Å². The minimum Gasteiger partial charge on any atom is -0.493 e. The smallest absolute Gasteiger partial charge is 0.261 e. The molecule has 0 fully saturated rings. The Morgan fingerprint density at radius 3 is 2.19 bits per heavy atom. The minimum absolute atomic E-state index is 0.107. The van der Waals surface area contributed by atoms with Crippen molar-refractivity contribution in [2.24, 2.45) is 0 Å². The van der Waals surface area contributed by atoms with Gasteiger partial charge >= 0.3 is 0 Å². The first-order chi connectivity index (χ1) is 17.4. The van der Waals surface area contributed by atoms with Crippen LogP contribution >= 0.6 is 11.8 Å². The average molecular weight is 519 g/mol. The average Bonchev–Trinajstić information content (AvgIpc) is 2.89. The molecular formula is C28H26N2O4S2. The summed E-state index contributed by atoms with van der Waals surface area (Å²) in [5.41, 5.74) is 2.32. The van der Waals surface area contributed by atoms with E-state index in [0.717, 1.165) is 11.3 Å². The molecule has 184 valence electrons. The normalized spacial score (nSPS) is 11.0. The van der Waals surface area contributed by atoms with Gasteiger partial charge in [0.1, 0.15) is 5.75 Å². The molecule has 0 aliphatic carbocycles. The van der Waals surface area contributed by atoms with E-state index in [1.165, 1.54) is 17.0 Å². The summed E-state index contributed by atoms with van der Waals surface area (Å²) in [5, 5.41) is 2.79. The second-order valence-corrected chi connectivity index (χ2v) is 10.8. The number of carbonyl (C=O) groups excluding carboxylic acids is 1. The van der Waals surface area contributed by atoms with Crippen LogP contribution < -0.4 is 14.8 Å². The maximum atomic E-state index is 12.7. The number of ether oxygens (including phenoxy) is 1. The minimum atomic E-state index is -3.74. The van der Waals surface area contributed by atoms with Crippen molar-refractivity contribution in [3.05, 3.63) is 114 Å². The predicted molar refractivity (Wildman–Crippen MR) is 145 cm³/mol. The predicted octanol–water partition coefficient (Wildman–Crippen LogP) is 6.22. The molecule has 0 saturated carbocycles. The standard InChI is InChI=1S/C28H26N2O4S2/c1-21-7-5-6-10-27(21)30-36(32,33)26-17-13-23(14-18-26)29-28(31)22-11-15-24(16-12-22)34-19-20-35-25-8-3-2-4-9-25/h2-18,30H,19-20H2,1H3,(H,29,31). The molecule has 0 aliphatic heterocycles. The zero-order valence-electron chi connectivity index (χ0n) is 19.7. The first-order valence-electron chi connectivity index (χ1n) is 11.3. The highest BCUT2D eigenvalue weighted by molar-refractivity contribution is 7.99. The molecule has 0 aliphatic rings. The van der Waals surface area contributed by atoms with Gasteiger partial charge in [-0.25, -0.2) is 8.42 Å². The second kappa shape index (κ2) is 11.8. The Balaban J connectivity index is 1.29. The van der Waals surface area contributed by atoms with Crippen molar-refractivity contribution in [2.45, 2.75) is 16.7 Å². The molecule has 0 spiro atoms. The van der Waals surface area contributed by atoms with Crippen molar-refractivity contribution in [3.8, 4) is 5.75 Å². The third kappa shape index (κ3) is 6.90. The molecule has 36 heavy (non-hydrogen) atoms. The van der Waals surface area contributed by atoms with Crippen LogP contribution in [0.3, 0.4) is 0 Å². The number of sulfonamides is 1. The fraction of sp³-hybridized carbons (Fsp3) is 0.107. The zero-order valence-corrected chi connectivity index (χ0v) is 21.3. The van der Waals surface area contributed by atoms with Gasteiger partial charge in [-0.05, 0) is 79.2 Å². The van der Waals surface area contributed by atoms with E-state index in [0.29, 0.717) is 29.3 Å². The first kappa shape index (κ1) is 25.3. The largest absolute Gasteiger partial charge is 0.493 e. The Bertz CT molecular complexity index is 1410. The first-order valence-corrected chi connectivity index (χ1v) is 13.8. The van der Waals surface area contributed by atoms with Gasteiger partial charge in [-0.3, -0.25) is 9.52 Å². The van der Waals surface area contributed by atoms with Crippen LogP contribution in [0.2, 0.25) is 0 Å². The lowest BCUT2D eigenvalue weighted by Crippen LogP contribution is -2.14. The van der Waals surface area contributed by atoms with Crippen molar-refractivity contribution >= 4 is 39.1 Å². The lowest BCUT2D eigenvalue weighted by molar-refractivity contribution is 0.102. The molecule has 4 aromatic carbocycles. The van der Waals surface area contributed by atoms with Crippen LogP contribution in [-0.4, -0.2) is 26.7 Å². The Morgan fingerprint density at radius 1 is 0.833 bits per heavy atom. The number of para-hydroxylation sites is 1. The Kier molecular flexibility index (Phi) is 8.30. The van der Waals surface area contributed by atoms with Crippen molar-refractivity contribution in [2.75, 3.05) is 22.4 Å². The summed E-state index contributed by atoms with van der Waals surface area (Å²) < 4.78 is 33.7. The van der Waals surface area contributed by atoms with Gasteiger partial charge in [0.2, 0.25) is 0 Å². The fourth-order valence-electron chi connectivity index (χ4n) is 3.35. The molecule has 0 heterocycles. The highest BCUT2D eigenvalue weighted by Gasteiger charge is 2.15. The summed E-state index contributed by atoms with van der Waals surface area (Å²) in [4.78, 5) is 13.9. The quantitative estimate of drug-likeness (QED) is 0.192. The molecule has 4 rings (SSSR count). The molecule has 1 amide bonds. The molecule has 0 aromatic heterocycles. The monoisotopic (exact) mass is 518 g/mol. The molecule has 0 atom stereocenters. The summed E-state index contributed by atoms with van der Waals surface area (Å²) in [6.07, 6.45) is 0. The number of thioether (sulfide) groups is 1.